The van der Waals surface area contributed by atoms with Gasteiger partial charge in [-0.3, -0.25) is 0 Å². The highest BCUT2D eigenvalue weighted by Gasteiger charge is 2.28. The molecule has 0 saturated heterocycles. The molecular formula is C12H14F4O4. The number of hydrogen-bond donors (Lipinski definition) is 1. The van der Waals surface area contributed by atoms with Crippen LogP contribution in [0.25, 0.3) is 0 Å². The monoisotopic (exact) mass is 298 g/mol. The van der Waals surface area contributed by atoms with Crippen LogP contribution in [0.2, 0.25) is 0 Å². The summed E-state index contributed by atoms with van der Waals surface area (Å²) in [5, 5.41) is 9.65. The molecule has 1 N–H and O–H groups in total. The molecule has 0 amide bonds. The number of rotatable bonds is 6. The standard InChI is InChI=1S/C12H14F4O4/c1-18-10-3-7(8(13)4-11(10)19-2)9(17)5-20-6-12(14,15)16/h3-4,9,17H,5-6H2,1-2H3. The van der Waals surface area contributed by atoms with E-state index in [4.69, 9.17) is 9.47 Å². The van der Waals surface area contributed by atoms with Crippen molar-refractivity contribution in [1.29, 1.82) is 0 Å². The maximum atomic E-state index is 13.7. The van der Waals surface area contributed by atoms with E-state index in [1.165, 1.54) is 14.2 Å². The van der Waals surface area contributed by atoms with Crippen molar-refractivity contribution in [3.8, 4) is 11.5 Å². The van der Waals surface area contributed by atoms with E-state index in [-0.39, 0.29) is 17.1 Å². The Balaban J connectivity index is 2.79. The van der Waals surface area contributed by atoms with Gasteiger partial charge < -0.3 is 19.3 Å². The van der Waals surface area contributed by atoms with Crippen LogP contribution in [0.5, 0.6) is 11.5 Å². The zero-order valence-corrected chi connectivity index (χ0v) is 10.8. The van der Waals surface area contributed by atoms with Crippen molar-refractivity contribution in [2.24, 2.45) is 0 Å². The zero-order chi connectivity index (χ0) is 15.3. The molecule has 20 heavy (non-hydrogen) atoms. The maximum absolute atomic E-state index is 13.7. The minimum atomic E-state index is -4.50. The molecule has 1 rings (SSSR count). The summed E-state index contributed by atoms with van der Waals surface area (Å²) in [6, 6.07) is 2.12. The van der Waals surface area contributed by atoms with Crippen molar-refractivity contribution in [1.82, 2.24) is 0 Å². The van der Waals surface area contributed by atoms with Crippen LogP contribution in [0.4, 0.5) is 17.6 Å². The maximum Gasteiger partial charge on any atom is 0.411 e. The van der Waals surface area contributed by atoms with Gasteiger partial charge in [-0.05, 0) is 6.07 Å². The Kier molecular flexibility index (Phi) is 5.58. The van der Waals surface area contributed by atoms with Crippen molar-refractivity contribution < 1.29 is 36.9 Å². The summed E-state index contributed by atoms with van der Waals surface area (Å²) >= 11 is 0. The fourth-order valence-electron chi connectivity index (χ4n) is 1.50. The van der Waals surface area contributed by atoms with Crippen molar-refractivity contribution in [2.75, 3.05) is 27.4 Å². The number of methoxy groups -OCH3 is 2. The van der Waals surface area contributed by atoms with Gasteiger partial charge in [0.25, 0.3) is 0 Å². The number of benzene rings is 1. The van der Waals surface area contributed by atoms with E-state index in [0.29, 0.717) is 0 Å². The molecule has 1 aromatic rings. The van der Waals surface area contributed by atoms with Gasteiger partial charge in [0.05, 0.1) is 20.8 Å². The Bertz CT molecular complexity index is 448. The quantitative estimate of drug-likeness (QED) is 0.820. The van der Waals surface area contributed by atoms with Crippen LogP contribution >= 0.6 is 0 Å². The fourth-order valence-corrected chi connectivity index (χ4v) is 1.50. The van der Waals surface area contributed by atoms with E-state index in [1.54, 1.807) is 0 Å². The number of ether oxygens (including phenoxy) is 3. The van der Waals surface area contributed by atoms with Gasteiger partial charge in [-0.15, -0.1) is 0 Å². The van der Waals surface area contributed by atoms with Gasteiger partial charge in [0.15, 0.2) is 11.5 Å². The first-order chi connectivity index (χ1) is 9.28. The summed E-state index contributed by atoms with van der Waals surface area (Å²) in [5.74, 6) is -0.568. The third-order valence-corrected chi connectivity index (χ3v) is 2.40. The van der Waals surface area contributed by atoms with E-state index in [0.717, 1.165) is 12.1 Å². The lowest BCUT2D eigenvalue weighted by Crippen LogP contribution is -2.20. The van der Waals surface area contributed by atoms with Crippen LogP contribution in [0.1, 0.15) is 11.7 Å². The molecule has 0 aliphatic carbocycles. The zero-order valence-electron chi connectivity index (χ0n) is 10.8. The second-order valence-electron chi connectivity index (χ2n) is 3.87. The molecule has 1 atom stereocenters. The molecule has 0 radical (unpaired) electrons. The molecule has 0 aliphatic heterocycles. The number of hydrogen-bond acceptors (Lipinski definition) is 4. The van der Waals surface area contributed by atoms with E-state index in [1.807, 2.05) is 0 Å². The van der Waals surface area contributed by atoms with Crippen LogP contribution in [0.3, 0.4) is 0 Å². The van der Waals surface area contributed by atoms with Gasteiger partial charge in [0.1, 0.15) is 18.5 Å². The average Bonchev–Trinajstić information content (AvgIpc) is 2.36. The van der Waals surface area contributed by atoms with Crippen molar-refractivity contribution >= 4 is 0 Å². The van der Waals surface area contributed by atoms with Gasteiger partial charge in [0, 0.05) is 11.6 Å². The first-order valence-corrected chi connectivity index (χ1v) is 5.52. The van der Waals surface area contributed by atoms with Crippen LogP contribution in [-0.2, 0) is 4.74 Å². The van der Waals surface area contributed by atoms with E-state index >= 15 is 0 Å². The Labute approximate surface area is 112 Å². The summed E-state index contributed by atoms with van der Waals surface area (Å²) in [7, 11) is 2.62. The lowest BCUT2D eigenvalue weighted by atomic mass is 10.1. The first-order valence-electron chi connectivity index (χ1n) is 5.52. The number of aliphatic hydroxyl groups is 1. The lowest BCUT2D eigenvalue weighted by molar-refractivity contribution is -0.179. The first kappa shape index (κ1) is 16.5. The number of alkyl halides is 3. The topological polar surface area (TPSA) is 47.9 Å². The minimum Gasteiger partial charge on any atom is -0.493 e. The highest BCUT2D eigenvalue weighted by atomic mass is 19.4. The molecule has 0 aromatic heterocycles. The minimum absolute atomic E-state index is 0.108. The smallest absolute Gasteiger partial charge is 0.411 e. The molecule has 0 bridgehead atoms. The highest BCUT2D eigenvalue weighted by molar-refractivity contribution is 5.44. The Morgan fingerprint density at radius 3 is 2.20 bits per heavy atom. The molecule has 0 spiro atoms. The molecule has 114 valence electrons. The van der Waals surface area contributed by atoms with Crippen LogP contribution in [-0.4, -0.2) is 38.7 Å². The van der Waals surface area contributed by atoms with Gasteiger partial charge in [-0.2, -0.15) is 13.2 Å². The van der Waals surface area contributed by atoms with Crippen LogP contribution in [0.15, 0.2) is 12.1 Å². The third-order valence-electron chi connectivity index (χ3n) is 2.40. The summed E-state index contributed by atoms with van der Waals surface area (Å²) in [4.78, 5) is 0. The normalized spacial score (nSPS) is 13.2. The summed E-state index contributed by atoms with van der Waals surface area (Å²) in [6.07, 6.45) is -6.05. The van der Waals surface area contributed by atoms with E-state index in [2.05, 4.69) is 4.74 Å². The molecule has 8 heteroatoms. The van der Waals surface area contributed by atoms with Crippen LogP contribution in [0, 0.1) is 5.82 Å². The largest absolute Gasteiger partial charge is 0.493 e. The van der Waals surface area contributed by atoms with Gasteiger partial charge in [0.2, 0.25) is 0 Å². The molecule has 0 aliphatic rings. The highest BCUT2D eigenvalue weighted by Crippen LogP contribution is 2.32. The molecule has 0 heterocycles. The van der Waals surface area contributed by atoms with E-state index < -0.39 is 31.3 Å². The Hall–Kier alpha value is -1.54. The SMILES string of the molecule is COc1cc(F)c(C(O)COCC(F)(F)F)cc1OC. The Morgan fingerprint density at radius 2 is 1.70 bits per heavy atom. The predicted octanol–water partition coefficient (Wildman–Crippen LogP) is 2.46. The molecule has 1 unspecified atom stereocenters. The number of halogens is 4. The lowest BCUT2D eigenvalue weighted by Gasteiger charge is -2.16. The third kappa shape index (κ3) is 4.53. The Morgan fingerprint density at radius 1 is 1.15 bits per heavy atom. The molecule has 0 saturated carbocycles. The van der Waals surface area contributed by atoms with Crippen molar-refractivity contribution in [3.63, 3.8) is 0 Å². The number of aliphatic hydroxyl groups excluding tert-OH is 1. The molecule has 1 aromatic carbocycles. The summed E-state index contributed by atoms with van der Waals surface area (Å²) in [6.45, 7) is -2.20. The van der Waals surface area contributed by atoms with E-state index in [9.17, 15) is 22.7 Å². The summed E-state index contributed by atoms with van der Waals surface area (Å²) < 4.78 is 63.4. The van der Waals surface area contributed by atoms with Gasteiger partial charge in [-0.1, -0.05) is 0 Å². The molecular weight excluding hydrogens is 284 g/mol. The van der Waals surface area contributed by atoms with Gasteiger partial charge >= 0.3 is 6.18 Å². The average molecular weight is 298 g/mol. The van der Waals surface area contributed by atoms with Crippen molar-refractivity contribution in [2.45, 2.75) is 12.3 Å². The second-order valence-corrected chi connectivity index (χ2v) is 3.87. The summed E-state index contributed by atoms with van der Waals surface area (Å²) in [5.41, 5.74) is -0.232. The predicted molar refractivity (Wildman–Crippen MR) is 61.3 cm³/mol. The van der Waals surface area contributed by atoms with Gasteiger partial charge in [-0.25, -0.2) is 4.39 Å². The second kappa shape index (κ2) is 6.76. The fraction of sp³-hybridized carbons (Fsp3) is 0.500. The molecule has 4 nitrogen and oxygen atoms in total. The van der Waals surface area contributed by atoms with Crippen molar-refractivity contribution in [3.05, 3.63) is 23.5 Å². The van der Waals surface area contributed by atoms with Crippen LogP contribution < -0.4 is 9.47 Å². The molecule has 0 fully saturated rings.